The first kappa shape index (κ1) is 14.0. The lowest BCUT2D eigenvalue weighted by Crippen LogP contribution is -2.29. The van der Waals surface area contributed by atoms with Crippen LogP contribution in [0.25, 0.3) is 10.9 Å². The Morgan fingerprint density at radius 1 is 1.30 bits per heavy atom. The van der Waals surface area contributed by atoms with Gasteiger partial charge in [0, 0.05) is 25.6 Å². The number of nitrogens with two attached hydrogens (primary N) is 1. The van der Waals surface area contributed by atoms with E-state index in [-0.39, 0.29) is 5.95 Å². The summed E-state index contributed by atoms with van der Waals surface area (Å²) in [5.41, 5.74) is 6.58. The maximum absolute atomic E-state index is 8.79. The molecule has 6 nitrogen and oxygen atoms in total. The van der Waals surface area contributed by atoms with E-state index in [0.717, 1.165) is 16.7 Å². The van der Waals surface area contributed by atoms with E-state index in [1.165, 1.54) is 0 Å². The van der Waals surface area contributed by atoms with Crippen LogP contribution in [0.4, 0.5) is 11.8 Å². The molecule has 2 N–H and O–H groups in total. The van der Waals surface area contributed by atoms with Crippen LogP contribution in [-0.4, -0.2) is 36.8 Å². The summed E-state index contributed by atoms with van der Waals surface area (Å²) in [6, 6.07) is 9.85. The predicted octanol–water partition coefficient (Wildman–Crippen LogP) is 1.58. The van der Waals surface area contributed by atoms with Crippen LogP contribution in [0.5, 0.6) is 0 Å². The van der Waals surface area contributed by atoms with Crippen LogP contribution in [0.2, 0.25) is 0 Å². The first-order chi connectivity index (χ1) is 9.76. The molecule has 0 bridgehead atoms. The summed E-state index contributed by atoms with van der Waals surface area (Å²) in [5, 5.41) is 9.72. The molecule has 0 radical (unpaired) electrons. The van der Waals surface area contributed by atoms with E-state index in [1.54, 1.807) is 7.11 Å². The summed E-state index contributed by atoms with van der Waals surface area (Å²) in [5.74, 6) is 0.985. The number of anilines is 2. The van der Waals surface area contributed by atoms with Gasteiger partial charge in [0.05, 0.1) is 24.6 Å². The van der Waals surface area contributed by atoms with E-state index in [0.29, 0.717) is 26.1 Å². The molecule has 0 saturated heterocycles. The molecule has 1 aromatic heterocycles. The Labute approximate surface area is 117 Å². The Kier molecular flexibility index (Phi) is 4.69. The number of methoxy groups -OCH3 is 1. The zero-order valence-electron chi connectivity index (χ0n) is 11.4. The number of benzene rings is 1. The fraction of sp³-hybridized carbons (Fsp3) is 0.357. The van der Waals surface area contributed by atoms with Crippen molar-refractivity contribution in [2.24, 2.45) is 0 Å². The number of fused-ring (bicyclic) bond motifs is 1. The number of rotatable bonds is 6. The largest absolute Gasteiger partial charge is 0.383 e. The quantitative estimate of drug-likeness (QED) is 0.858. The van der Waals surface area contributed by atoms with Crippen LogP contribution < -0.4 is 10.6 Å². The van der Waals surface area contributed by atoms with E-state index in [9.17, 15) is 0 Å². The molecule has 2 rings (SSSR count). The van der Waals surface area contributed by atoms with Gasteiger partial charge in [-0.1, -0.05) is 12.1 Å². The van der Waals surface area contributed by atoms with Crippen molar-refractivity contribution in [3.63, 3.8) is 0 Å². The second-order valence-electron chi connectivity index (χ2n) is 4.31. The molecule has 0 fully saturated rings. The Morgan fingerprint density at radius 3 is 2.85 bits per heavy atom. The van der Waals surface area contributed by atoms with Gasteiger partial charge in [0.15, 0.2) is 0 Å². The lowest BCUT2D eigenvalue weighted by Gasteiger charge is -2.23. The molecule has 1 aromatic carbocycles. The fourth-order valence-corrected chi connectivity index (χ4v) is 2.03. The number of hydrogen-bond donors (Lipinski definition) is 1. The van der Waals surface area contributed by atoms with Crippen molar-refractivity contribution in [2.45, 2.75) is 6.42 Å². The molecule has 104 valence electrons. The molecule has 20 heavy (non-hydrogen) atoms. The number of para-hydroxylation sites is 1. The zero-order valence-corrected chi connectivity index (χ0v) is 11.4. The summed E-state index contributed by atoms with van der Waals surface area (Å²) in [7, 11) is 1.65. The van der Waals surface area contributed by atoms with E-state index in [4.69, 9.17) is 15.7 Å². The van der Waals surface area contributed by atoms with Crippen LogP contribution in [0.15, 0.2) is 24.3 Å². The molecule has 0 unspecified atom stereocenters. The molecule has 0 amide bonds. The minimum atomic E-state index is 0.234. The summed E-state index contributed by atoms with van der Waals surface area (Å²) in [4.78, 5) is 10.6. The normalized spacial score (nSPS) is 10.4. The van der Waals surface area contributed by atoms with Gasteiger partial charge in [-0.15, -0.1) is 0 Å². The second kappa shape index (κ2) is 6.68. The smallest absolute Gasteiger partial charge is 0.222 e. The van der Waals surface area contributed by atoms with E-state index < -0.39 is 0 Å². The highest BCUT2D eigenvalue weighted by atomic mass is 16.5. The lowest BCUT2D eigenvalue weighted by atomic mass is 10.2. The molecule has 0 spiro atoms. The number of nitrogens with zero attached hydrogens (tertiary/aromatic N) is 4. The summed E-state index contributed by atoms with van der Waals surface area (Å²) < 4.78 is 5.12. The third kappa shape index (κ3) is 3.13. The topological polar surface area (TPSA) is 88.1 Å². The van der Waals surface area contributed by atoms with Gasteiger partial charge in [-0.25, -0.2) is 4.98 Å². The van der Waals surface area contributed by atoms with Gasteiger partial charge in [0.2, 0.25) is 5.95 Å². The van der Waals surface area contributed by atoms with Crippen molar-refractivity contribution in [2.75, 3.05) is 37.4 Å². The number of nitriles is 1. The monoisotopic (exact) mass is 271 g/mol. The van der Waals surface area contributed by atoms with Gasteiger partial charge >= 0.3 is 0 Å². The highest BCUT2D eigenvalue weighted by Crippen LogP contribution is 2.24. The van der Waals surface area contributed by atoms with E-state index in [2.05, 4.69) is 16.0 Å². The third-order valence-electron chi connectivity index (χ3n) is 2.96. The van der Waals surface area contributed by atoms with E-state index in [1.807, 2.05) is 29.2 Å². The van der Waals surface area contributed by atoms with Crippen molar-refractivity contribution in [1.29, 1.82) is 5.26 Å². The van der Waals surface area contributed by atoms with Crippen LogP contribution >= 0.6 is 0 Å². The van der Waals surface area contributed by atoms with Gasteiger partial charge in [-0.3, -0.25) is 0 Å². The fourth-order valence-electron chi connectivity index (χ4n) is 2.03. The lowest BCUT2D eigenvalue weighted by molar-refractivity contribution is 0.205. The molecule has 0 saturated carbocycles. The van der Waals surface area contributed by atoms with Gasteiger partial charge in [0.25, 0.3) is 0 Å². The number of aromatic nitrogens is 2. The van der Waals surface area contributed by atoms with Crippen molar-refractivity contribution in [1.82, 2.24) is 9.97 Å². The predicted molar refractivity (Wildman–Crippen MR) is 78.3 cm³/mol. The van der Waals surface area contributed by atoms with Gasteiger partial charge in [-0.2, -0.15) is 10.2 Å². The van der Waals surface area contributed by atoms with Crippen LogP contribution in [0, 0.1) is 11.3 Å². The Hall–Kier alpha value is -2.39. The van der Waals surface area contributed by atoms with Crippen molar-refractivity contribution in [3.8, 4) is 6.07 Å². The zero-order chi connectivity index (χ0) is 14.4. The average Bonchev–Trinajstić information content (AvgIpc) is 2.46. The number of ether oxygens (including phenoxy) is 1. The van der Waals surface area contributed by atoms with Crippen molar-refractivity contribution in [3.05, 3.63) is 24.3 Å². The molecule has 0 aliphatic heterocycles. The highest BCUT2D eigenvalue weighted by molar-refractivity contribution is 5.90. The van der Waals surface area contributed by atoms with Crippen LogP contribution in [0.3, 0.4) is 0 Å². The molecule has 0 aliphatic rings. The molecule has 0 atom stereocenters. The maximum Gasteiger partial charge on any atom is 0.222 e. The molecule has 1 heterocycles. The third-order valence-corrected chi connectivity index (χ3v) is 2.96. The molecular weight excluding hydrogens is 254 g/mol. The molecule has 0 aliphatic carbocycles. The summed E-state index contributed by atoms with van der Waals surface area (Å²) in [6.07, 6.45) is 0.419. The molecular formula is C14H17N5O. The first-order valence-electron chi connectivity index (χ1n) is 6.39. The molecule has 6 heteroatoms. The second-order valence-corrected chi connectivity index (χ2v) is 4.31. The van der Waals surface area contributed by atoms with Gasteiger partial charge < -0.3 is 15.4 Å². The maximum atomic E-state index is 8.79. The van der Waals surface area contributed by atoms with Crippen LogP contribution in [0.1, 0.15) is 6.42 Å². The highest BCUT2D eigenvalue weighted by Gasteiger charge is 2.13. The van der Waals surface area contributed by atoms with Crippen LogP contribution in [-0.2, 0) is 4.74 Å². The minimum Gasteiger partial charge on any atom is -0.383 e. The minimum absolute atomic E-state index is 0.234. The van der Waals surface area contributed by atoms with Gasteiger partial charge in [-0.05, 0) is 12.1 Å². The Morgan fingerprint density at radius 2 is 2.10 bits per heavy atom. The van der Waals surface area contributed by atoms with Crippen molar-refractivity contribution >= 4 is 22.7 Å². The number of nitrogen functional groups attached to an aromatic ring is 1. The van der Waals surface area contributed by atoms with E-state index >= 15 is 0 Å². The van der Waals surface area contributed by atoms with Crippen molar-refractivity contribution < 1.29 is 4.74 Å². The standard InChI is InChI=1S/C14H17N5O/c1-20-10-9-19(8-4-7-15)13-11-5-2-3-6-12(11)17-14(16)18-13/h2-3,5-6H,4,8-10H2,1H3,(H2,16,17,18). The number of hydrogen-bond acceptors (Lipinski definition) is 6. The first-order valence-corrected chi connectivity index (χ1v) is 6.39. The Bertz CT molecular complexity index is 622. The summed E-state index contributed by atoms with van der Waals surface area (Å²) >= 11 is 0. The SMILES string of the molecule is COCCN(CCC#N)c1nc(N)nc2ccccc12. The molecule has 2 aromatic rings. The average molecular weight is 271 g/mol. The van der Waals surface area contributed by atoms with Gasteiger partial charge in [0.1, 0.15) is 5.82 Å². The Balaban J connectivity index is 2.43. The summed E-state index contributed by atoms with van der Waals surface area (Å²) in [6.45, 7) is 1.79.